The van der Waals surface area contributed by atoms with Crippen LogP contribution >= 0.6 is 0 Å². The minimum Gasteiger partial charge on any atom is -0.503 e. The van der Waals surface area contributed by atoms with Crippen molar-refractivity contribution < 1.29 is 25.8 Å². The Morgan fingerprint density at radius 1 is 0.639 bits per heavy atom. The molecular weight excluding hydrogens is 928 g/mol. The molecule has 0 aliphatic carbocycles. The number of hydrogen-bond acceptors (Lipinski definition) is 4. The van der Waals surface area contributed by atoms with Gasteiger partial charge in [-0.05, 0) is 80.0 Å². The first kappa shape index (κ1) is 40.6. The Bertz CT molecular complexity index is 2980. The number of nitrogens with zero attached hydrogens (tertiary/aromatic N) is 4. The zero-order valence-electron chi connectivity index (χ0n) is 36.3. The molecule has 306 valence electrons. The monoisotopic (exact) mass is 977 g/mol. The van der Waals surface area contributed by atoms with Gasteiger partial charge in [-0.25, -0.2) is 4.98 Å². The first-order chi connectivity index (χ1) is 28.8. The zero-order valence-corrected chi connectivity index (χ0v) is 38.6. The van der Waals surface area contributed by atoms with Crippen molar-refractivity contribution in [2.45, 2.75) is 84.7 Å². The molecule has 0 fully saturated rings. The molecule has 5 nitrogen and oxygen atoms in total. The van der Waals surface area contributed by atoms with E-state index in [9.17, 15) is 0 Å². The summed E-state index contributed by atoms with van der Waals surface area (Å²) in [5.41, 5.74) is 13.2. The second-order valence-corrected chi connectivity index (χ2v) is 18.1. The summed E-state index contributed by atoms with van der Waals surface area (Å²) in [4.78, 5) is 13.3. The van der Waals surface area contributed by atoms with Gasteiger partial charge in [-0.15, -0.1) is 34.4 Å². The number of amidine groups is 1. The number of ether oxygens (including phenoxy) is 1. The van der Waals surface area contributed by atoms with Gasteiger partial charge in [0.25, 0.3) is 0 Å². The fourth-order valence-electron chi connectivity index (χ4n) is 10.3. The molecule has 6 heteroatoms. The summed E-state index contributed by atoms with van der Waals surface area (Å²) in [5, 5.41) is 2.33. The Hall–Kier alpha value is -5.77. The number of aryl methyl sites for hydroxylation is 4. The minimum absolute atomic E-state index is 0. The van der Waals surface area contributed by atoms with E-state index in [0.717, 1.165) is 39.2 Å². The number of para-hydroxylation sites is 2. The van der Waals surface area contributed by atoms with E-state index in [1.54, 1.807) is 0 Å². The van der Waals surface area contributed by atoms with Crippen molar-refractivity contribution in [2.75, 3.05) is 4.90 Å². The average molecular weight is 978 g/mol. The van der Waals surface area contributed by atoms with Crippen LogP contribution in [0.2, 0.25) is 0 Å². The van der Waals surface area contributed by atoms with Crippen LogP contribution in [0.1, 0.15) is 90.6 Å². The van der Waals surface area contributed by atoms with Gasteiger partial charge in [-0.3, -0.25) is 0 Å². The average Bonchev–Trinajstić information content (AvgIpc) is 3.67. The maximum Gasteiger partial charge on any atom is 2.00 e. The normalized spacial score (nSPS) is 17.3. The minimum atomic E-state index is -0.608. The van der Waals surface area contributed by atoms with Crippen LogP contribution in [0.4, 0.5) is 5.69 Å². The second kappa shape index (κ2) is 14.7. The number of aliphatic imine (C=N–C) groups is 1. The number of benzene rings is 6. The molecule has 10 rings (SSSR count). The van der Waals surface area contributed by atoms with E-state index in [0.29, 0.717) is 11.5 Å². The molecular formula is C55H50N4OPt. The van der Waals surface area contributed by atoms with Gasteiger partial charge >= 0.3 is 21.1 Å². The van der Waals surface area contributed by atoms with Crippen LogP contribution in [0.15, 0.2) is 139 Å². The number of hydrogen-bond donors (Lipinski definition) is 0. The summed E-state index contributed by atoms with van der Waals surface area (Å²) in [6.45, 7) is 20.3. The fraction of sp³-hybridized carbons (Fsp3) is 0.236. The SMILES string of the molecule is Cc1cc(Oc2[c-]c3c(cc2C)C(C)(C)c2cccc4c5cccnc5n-3c24)[c-]c(C2=N[C@](C)(C(c3ccccc3)c3ccccc3)C(C)(C)N2c2c(C)cccc2C)c1.[Pt+2]. The van der Waals surface area contributed by atoms with Crippen molar-refractivity contribution in [3.63, 3.8) is 0 Å². The van der Waals surface area contributed by atoms with Gasteiger partial charge in [-0.2, -0.15) is 6.07 Å². The van der Waals surface area contributed by atoms with E-state index in [-0.39, 0.29) is 32.4 Å². The molecule has 2 aliphatic rings. The van der Waals surface area contributed by atoms with Crippen LogP contribution in [0.3, 0.4) is 0 Å². The van der Waals surface area contributed by atoms with E-state index in [1.165, 1.54) is 50.0 Å². The first-order valence-electron chi connectivity index (χ1n) is 21.0. The Morgan fingerprint density at radius 3 is 1.95 bits per heavy atom. The zero-order chi connectivity index (χ0) is 41.7. The van der Waals surface area contributed by atoms with Crippen LogP contribution in [0.5, 0.6) is 11.5 Å². The molecule has 2 aliphatic heterocycles. The van der Waals surface area contributed by atoms with Gasteiger partial charge in [0.05, 0.1) is 22.4 Å². The largest absolute Gasteiger partial charge is 2.00 e. The van der Waals surface area contributed by atoms with Gasteiger partial charge in [-0.1, -0.05) is 143 Å². The number of pyridine rings is 1. The molecule has 0 unspecified atom stereocenters. The van der Waals surface area contributed by atoms with Gasteiger partial charge in [0.1, 0.15) is 5.65 Å². The predicted octanol–water partition coefficient (Wildman–Crippen LogP) is 13.1. The van der Waals surface area contributed by atoms with E-state index in [1.807, 2.05) is 12.3 Å². The topological polar surface area (TPSA) is 42.6 Å². The molecule has 1 atom stereocenters. The molecule has 0 bridgehead atoms. The molecule has 0 spiro atoms. The van der Waals surface area contributed by atoms with Gasteiger partial charge in [0.15, 0.2) is 0 Å². The Morgan fingerprint density at radius 2 is 1.28 bits per heavy atom. The van der Waals surface area contributed by atoms with Gasteiger partial charge in [0, 0.05) is 40.1 Å². The smallest absolute Gasteiger partial charge is 0.503 e. The van der Waals surface area contributed by atoms with Gasteiger partial charge < -0.3 is 19.2 Å². The first-order valence-corrected chi connectivity index (χ1v) is 21.0. The number of anilines is 1. The predicted molar refractivity (Wildman–Crippen MR) is 247 cm³/mol. The number of fused-ring (bicyclic) bond motifs is 5. The summed E-state index contributed by atoms with van der Waals surface area (Å²) < 4.78 is 9.24. The maximum absolute atomic E-state index is 6.96. The molecule has 0 saturated carbocycles. The molecule has 8 aromatic rings. The molecule has 2 aromatic heterocycles. The third kappa shape index (κ3) is 6.14. The van der Waals surface area contributed by atoms with Crippen molar-refractivity contribution in [3.05, 3.63) is 196 Å². The van der Waals surface area contributed by atoms with Gasteiger partial charge in [0.2, 0.25) is 0 Å². The quantitative estimate of drug-likeness (QED) is 0.149. The third-order valence-corrected chi connectivity index (χ3v) is 13.6. The Kier molecular flexibility index (Phi) is 9.79. The third-order valence-electron chi connectivity index (χ3n) is 13.6. The maximum atomic E-state index is 6.96. The fourth-order valence-corrected chi connectivity index (χ4v) is 10.3. The van der Waals surface area contributed by atoms with Crippen LogP contribution in [-0.4, -0.2) is 26.5 Å². The van der Waals surface area contributed by atoms with E-state index in [4.69, 9.17) is 14.7 Å². The van der Waals surface area contributed by atoms with Crippen LogP contribution in [0, 0.1) is 39.8 Å². The van der Waals surface area contributed by atoms with Crippen molar-refractivity contribution in [1.29, 1.82) is 0 Å². The number of aromatic nitrogens is 2. The van der Waals surface area contributed by atoms with Crippen molar-refractivity contribution in [2.24, 2.45) is 4.99 Å². The van der Waals surface area contributed by atoms with Crippen molar-refractivity contribution in [1.82, 2.24) is 9.55 Å². The summed E-state index contributed by atoms with van der Waals surface area (Å²) in [6.07, 6.45) is 1.88. The van der Waals surface area contributed by atoms with Crippen molar-refractivity contribution in [3.8, 4) is 17.2 Å². The molecule has 0 amide bonds. The van der Waals surface area contributed by atoms with Crippen LogP contribution in [-0.2, 0) is 26.5 Å². The van der Waals surface area contributed by atoms with Crippen LogP contribution < -0.4 is 9.64 Å². The number of rotatable bonds is 7. The summed E-state index contributed by atoms with van der Waals surface area (Å²) >= 11 is 0. The standard InChI is InChI=1S/C55H50N4O.Pt/c1-34-29-40(32-41(30-34)60-47-33-46-45(31-37(47)4)53(5,6)44-27-17-25-42-43-26-18-28-56-52(43)58(46)50(42)44)51-57-55(9,54(7,8)59(51)49-35(2)19-16-20-36(49)3)48(38-21-12-10-13-22-38)39-23-14-11-15-24-39;/h10-31,48H,1-9H3;/q-2;+2/t55-;/m1./s1. The summed E-state index contributed by atoms with van der Waals surface area (Å²) in [6, 6.07) is 53.2. The molecule has 0 radical (unpaired) electrons. The summed E-state index contributed by atoms with van der Waals surface area (Å²) in [5.74, 6) is 2.13. The van der Waals surface area contributed by atoms with Crippen molar-refractivity contribution >= 4 is 33.5 Å². The van der Waals surface area contributed by atoms with E-state index in [2.05, 4.69) is 205 Å². The molecule has 61 heavy (non-hydrogen) atoms. The molecule has 4 heterocycles. The van der Waals surface area contributed by atoms with Crippen LogP contribution in [0.25, 0.3) is 27.6 Å². The summed E-state index contributed by atoms with van der Waals surface area (Å²) in [7, 11) is 0. The molecule has 0 N–H and O–H groups in total. The Labute approximate surface area is 374 Å². The second-order valence-electron chi connectivity index (χ2n) is 18.1. The Balaban J connectivity index is 0.00000476. The molecule has 0 saturated heterocycles. The van der Waals surface area contributed by atoms with E-state index >= 15 is 0 Å². The molecule has 6 aromatic carbocycles. The van der Waals surface area contributed by atoms with E-state index < -0.39 is 11.1 Å².